The highest BCUT2D eigenvalue weighted by molar-refractivity contribution is 7.87. The Morgan fingerprint density at radius 2 is 1.80 bits per heavy atom. The van der Waals surface area contributed by atoms with Crippen LogP contribution in [0.25, 0.3) is 22.0 Å². The van der Waals surface area contributed by atoms with Gasteiger partial charge in [0.15, 0.2) is 0 Å². The summed E-state index contributed by atoms with van der Waals surface area (Å²) in [6.45, 7) is -0.0613. The lowest BCUT2D eigenvalue weighted by Crippen LogP contribution is -2.36. The van der Waals surface area contributed by atoms with Crippen LogP contribution < -0.4 is 4.72 Å². The lowest BCUT2D eigenvalue weighted by atomic mass is 10.0. The van der Waals surface area contributed by atoms with Crippen molar-refractivity contribution in [1.82, 2.24) is 18.6 Å². The summed E-state index contributed by atoms with van der Waals surface area (Å²) in [5.41, 5.74) is 3.25. The van der Waals surface area contributed by atoms with Gasteiger partial charge in [0.1, 0.15) is 0 Å². The van der Waals surface area contributed by atoms with E-state index in [-0.39, 0.29) is 13.1 Å². The largest absolute Gasteiger partial charge is 0.390 e. The van der Waals surface area contributed by atoms with E-state index in [1.54, 1.807) is 23.2 Å². The minimum atomic E-state index is -4.26. The van der Waals surface area contributed by atoms with Gasteiger partial charge in [-0.05, 0) is 41.3 Å². The van der Waals surface area contributed by atoms with Gasteiger partial charge in [0.05, 0.1) is 6.42 Å². The summed E-state index contributed by atoms with van der Waals surface area (Å²) >= 11 is 0. The summed E-state index contributed by atoms with van der Waals surface area (Å²) in [4.78, 5) is 3.99. The molecule has 0 aliphatic carbocycles. The van der Waals surface area contributed by atoms with Gasteiger partial charge in [0.25, 0.3) is 10.2 Å². The van der Waals surface area contributed by atoms with Gasteiger partial charge >= 0.3 is 6.18 Å². The molecular formula is C20H23F3N4O2S. The lowest BCUT2D eigenvalue weighted by molar-refractivity contribution is -0.136. The molecule has 0 amide bonds. The molecule has 0 radical (unpaired) electrons. The first-order valence-electron chi connectivity index (χ1n) is 9.33. The Morgan fingerprint density at radius 3 is 2.43 bits per heavy atom. The van der Waals surface area contributed by atoms with E-state index >= 15 is 0 Å². The van der Waals surface area contributed by atoms with E-state index in [2.05, 4.69) is 9.71 Å². The molecule has 0 aliphatic heterocycles. The molecule has 3 aromatic rings. The van der Waals surface area contributed by atoms with Crippen LogP contribution >= 0.6 is 0 Å². The van der Waals surface area contributed by atoms with E-state index in [0.717, 1.165) is 26.4 Å². The predicted octanol–water partition coefficient (Wildman–Crippen LogP) is 3.59. The zero-order valence-corrected chi connectivity index (χ0v) is 17.5. The molecule has 0 aliphatic rings. The van der Waals surface area contributed by atoms with Gasteiger partial charge in [-0.3, -0.25) is 4.98 Å². The number of aryl methyl sites for hydroxylation is 1. The number of alkyl halides is 3. The van der Waals surface area contributed by atoms with Crippen LogP contribution in [-0.2, 0) is 23.2 Å². The van der Waals surface area contributed by atoms with E-state index in [4.69, 9.17) is 0 Å². The average Bonchev–Trinajstić information content (AvgIpc) is 3.03. The zero-order chi connectivity index (χ0) is 21.9. The fraction of sp³-hybridized carbons (Fsp3) is 0.350. The molecular weight excluding hydrogens is 417 g/mol. The van der Waals surface area contributed by atoms with Gasteiger partial charge in [-0.15, -0.1) is 0 Å². The molecule has 2 aromatic heterocycles. The van der Waals surface area contributed by atoms with Crippen molar-refractivity contribution < 1.29 is 21.6 Å². The summed E-state index contributed by atoms with van der Waals surface area (Å²) in [6.07, 6.45) is 0.146. The standard InChI is InChI=1S/C20H23F3N4O2S/c1-26(2)30(28,29)25-11-7-17-14-27(12-8-20(21,22)23)19-13-16(3-4-18(17)19)15-5-9-24-10-6-15/h3-6,9-10,13-14,25H,7-8,11-12H2,1-2H3. The highest BCUT2D eigenvalue weighted by Crippen LogP contribution is 2.29. The number of rotatable bonds is 8. The summed E-state index contributed by atoms with van der Waals surface area (Å²) in [6, 6.07) is 9.29. The van der Waals surface area contributed by atoms with E-state index in [1.165, 1.54) is 14.1 Å². The number of fused-ring (bicyclic) bond motifs is 1. The molecule has 1 aromatic carbocycles. The molecule has 0 spiro atoms. The van der Waals surface area contributed by atoms with Gasteiger partial charge in [0.2, 0.25) is 0 Å². The second-order valence-corrected chi connectivity index (χ2v) is 9.08. The van der Waals surface area contributed by atoms with Crippen molar-refractivity contribution in [2.45, 2.75) is 25.6 Å². The molecule has 0 bridgehead atoms. The van der Waals surface area contributed by atoms with Gasteiger partial charge in [-0.2, -0.15) is 25.9 Å². The quantitative estimate of drug-likeness (QED) is 0.582. The number of aromatic nitrogens is 2. The average molecular weight is 440 g/mol. The van der Waals surface area contributed by atoms with Crippen LogP contribution in [0, 0.1) is 0 Å². The zero-order valence-electron chi connectivity index (χ0n) is 16.6. The SMILES string of the molecule is CN(C)S(=O)(=O)NCCc1cn(CCC(F)(F)F)c2cc(-c3ccncc3)ccc12. The number of nitrogens with one attached hydrogen (secondary N) is 1. The molecule has 0 unspecified atom stereocenters. The number of halogens is 3. The number of hydrogen-bond donors (Lipinski definition) is 1. The second kappa shape index (κ2) is 8.75. The predicted molar refractivity (Wildman–Crippen MR) is 110 cm³/mol. The summed E-state index contributed by atoms with van der Waals surface area (Å²) in [5.74, 6) is 0. The molecule has 162 valence electrons. The molecule has 6 nitrogen and oxygen atoms in total. The van der Waals surface area contributed by atoms with Crippen molar-refractivity contribution >= 4 is 21.1 Å². The number of nitrogens with zero attached hydrogens (tertiary/aromatic N) is 3. The Balaban J connectivity index is 1.93. The van der Waals surface area contributed by atoms with Crippen LogP contribution in [0.4, 0.5) is 13.2 Å². The van der Waals surface area contributed by atoms with Crippen LogP contribution in [0.3, 0.4) is 0 Å². The monoisotopic (exact) mass is 440 g/mol. The van der Waals surface area contributed by atoms with Gasteiger partial charge in [-0.1, -0.05) is 12.1 Å². The van der Waals surface area contributed by atoms with Gasteiger partial charge < -0.3 is 4.57 Å². The second-order valence-electron chi connectivity index (χ2n) is 7.11. The Hall–Kier alpha value is -2.43. The third kappa shape index (κ3) is 5.38. The molecule has 0 atom stereocenters. The Kier molecular flexibility index (Phi) is 6.49. The number of benzene rings is 1. The Bertz CT molecular complexity index is 1110. The van der Waals surface area contributed by atoms with Crippen LogP contribution in [0.5, 0.6) is 0 Å². The maximum Gasteiger partial charge on any atom is 0.390 e. The Labute approximate surface area is 173 Å². The van der Waals surface area contributed by atoms with E-state index in [0.29, 0.717) is 11.9 Å². The van der Waals surface area contributed by atoms with Gasteiger partial charge in [0, 0.05) is 56.7 Å². The van der Waals surface area contributed by atoms with Crippen molar-refractivity contribution in [1.29, 1.82) is 0 Å². The molecule has 3 rings (SSSR count). The molecule has 0 fully saturated rings. The lowest BCUT2D eigenvalue weighted by Gasteiger charge is -2.11. The Morgan fingerprint density at radius 1 is 1.10 bits per heavy atom. The molecule has 10 heteroatoms. The van der Waals surface area contributed by atoms with Crippen LogP contribution in [0.1, 0.15) is 12.0 Å². The molecule has 1 N–H and O–H groups in total. The summed E-state index contributed by atoms with van der Waals surface area (Å²) in [5, 5.41) is 0.805. The topological polar surface area (TPSA) is 67.2 Å². The van der Waals surface area contributed by atoms with Crippen molar-refractivity contribution in [3.8, 4) is 11.1 Å². The first kappa shape index (κ1) is 22.3. The van der Waals surface area contributed by atoms with Crippen molar-refractivity contribution in [2.24, 2.45) is 0 Å². The maximum absolute atomic E-state index is 12.8. The van der Waals surface area contributed by atoms with Crippen LogP contribution in [0.15, 0.2) is 48.9 Å². The fourth-order valence-corrected chi connectivity index (χ4v) is 3.79. The summed E-state index contributed by atoms with van der Waals surface area (Å²) < 4.78 is 67.3. The first-order chi connectivity index (χ1) is 14.1. The van der Waals surface area contributed by atoms with Gasteiger partial charge in [-0.25, -0.2) is 4.72 Å². The highest BCUT2D eigenvalue weighted by atomic mass is 32.2. The molecule has 0 saturated carbocycles. The maximum atomic E-state index is 12.8. The normalized spacial score (nSPS) is 12.7. The molecule has 0 saturated heterocycles. The molecule has 2 heterocycles. The third-order valence-corrected chi connectivity index (χ3v) is 6.30. The van der Waals surface area contributed by atoms with E-state index in [1.807, 2.05) is 30.3 Å². The van der Waals surface area contributed by atoms with Crippen LogP contribution in [0.2, 0.25) is 0 Å². The third-order valence-electron chi connectivity index (χ3n) is 4.77. The first-order valence-corrected chi connectivity index (χ1v) is 10.8. The van der Waals surface area contributed by atoms with Crippen molar-refractivity contribution in [2.75, 3.05) is 20.6 Å². The minimum Gasteiger partial charge on any atom is -0.347 e. The number of pyridine rings is 1. The number of hydrogen-bond acceptors (Lipinski definition) is 3. The minimum absolute atomic E-state index is 0.144. The highest BCUT2D eigenvalue weighted by Gasteiger charge is 2.27. The van der Waals surface area contributed by atoms with Crippen molar-refractivity contribution in [3.63, 3.8) is 0 Å². The van der Waals surface area contributed by atoms with E-state index in [9.17, 15) is 21.6 Å². The summed E-state index contributed by atoms with van der Waals surface area (Å²) in [7, 11) is -0.720. The smallest absolute Gasteiger partial charge is 0.347 e. The fourth-order valence-electron chi connectivity index (χ4n) is 3.17. The van der Waals surface area contributed by atoms with E-state index < -0.39 is 22.8 Å². The molecule has 30 heavy (non-hydrogen) atoms. The van der Waals surface area contributed by atoms with Crippen molar-refractivity contribution in [3.05, 3.63) is 54.5 Å². The van der Waals surface area contributed by atoms with Crippen LogP contribution in [-0.4, -0.2) is 49.1 Å².